The molecule has 1 unspecified atom stereocenters. The molecule has 0 saturated carbocycles. The van der Waals surface area contributed by atoms with Crippen LogP contribution in [-0.4, -0.2) is 62.3 Å². The predicted molar refractivity (Wildman–Crippen MR) is 70.7 cm³/mol. The monoisotopic (exact) mass is 272 g/mol. The van der Waals surface area contributed by atoms with Gasteiger partial charge in [0.25, 0.3) is 0 Å². The molecule has 1 atom stereocenters. The molecule has 1 rings (SSSR count). The number of hydrogen-bond donors (Lipinski definition) is 1. The fourth-order valence-electron chi connectivity index (χ4n) is 2.06. The van der Waals surface area contributed by atoms with E-state index in [-0.39, 0.29) is 24.0 Å². The van der Waals surface area contributed by atoms with Gasteiger partial charge in [-0.25, -0.2) is 0 Å². The Morgan fingerprint density at radius 3 is 2.84 bits per heavy atom. The van der Waals surface area contributed by atoms with Gasteiger partial charge in [0.05, 0.1) is 20.3 Å². The summed E-state index contributed by atoms with van der Waals surface area (Å²) in [6.07, 6.45) is 1.07. The zero-order valence-corrected chi connectivity index (χ0v) is 12.0. The molecule has 1 N–H and O–H groups in total. The molecule has 0 aliphatic carbocycles. The van der Waals surface area contributed by atoms with E-state index >= 15 is 0 Å². The summed E-state index contributed by atoms with van der Waals surface area (Å²) in [6, 6.07) is -0.139. The average molecular weight is 272 g/mol. The second kappa shape index (κ2) is 8.12. The summed E-state index contributed by atoms with van der Waals surface area (Å²) < 4.78 is 9.97. The third-order valence-electron chi connectivity index (χ3n) is 3.03. The molecule has 0 aromatic carbocycles. The summed E-state index contributed by atoms with van der Waals surface area (Å²) in [4.78, 5) is 25.2. The topological polar surface area (TPSA) is 67.9 Å². The van der Waals surface area contributed by atoms with Crippen molar-refractivity contribution >= 4 is 11.9 Å². The highest BCUT2D eigenvalue weighted by Gasteiger charge is 2.29. The molecule has 19 heavy (non-hydrogen) atoms. The number of carbonyl (C=O) groups is 2. The maximum atomic E-state index is 12.0. The van der Waals surface area contributed by atoms with Crippen molar-refractivity contribution in [2.24, 2.45) is 0 Å². The van der Waals surface area contributed by atoms with Crippen LogP contribution in [0.15, 0.2) is 0 Å². The molecule has 6 heteroatoms. The first-order chi connectivity index (χ1) is 9.04. The highest BCUT2D eigenvalue weighted by molar-refractivity contribution is 5.82. The molecule has 1 aliphatic heterocycles. The van der Waals surface area contributed by atoms with Gasteiger partial charge in [-0.15, -0.1) is 0 Å². The number of methoxy groups -OCH3 is 1. The largest absolute Gasteiger partial charge is 0.469 e. The third-order valence-corrected chi connectivity index (χ3v) is 3.03. The zero-order chi connectivity index (χ0) is 14.3. The van der Waals surface area contributed by atoms with Gasteiger partial charge in [0.15, 0.2) is 0 Å². The number of carbonyl (C=O) groups excluding carboxylic acids is 2. The van der Waals surface area contributed by atoms with Gasteiger partial charge in [-0.05, 0) is 26.8 Å². The molecule has 1 saturated heterocycles. The summed E-state index contributed by atoms with van der Waals surface area (Å²) in [7, 11) is 1.38. The minimum Gasteiger partial charge on any atom is -0.469 e. The van der Waals surface area contributed by atoms with Crippen LogP contribution >= 0.6 is 0 Å². The first kappa shape index (κ1) is 15.9. The van der Waals surface area contributed by atoms with Crippen LogP contribution in [0.1, 0.15) is 26.7 Å². The number of morpholine rings is 1. The van der Waals surface area contributed by atoms with Crippen LogP contribution in [0.3, 0.4) is 0 Å². The number of nitrogens with zero attached hydrogens (tertiary/aromatic N) is 1. The van der Waals surface area contributed by atoms with Crippen molar-refractivity contribution in [2.75, 3.05) is 33.4 Å². The van der Waals surface area contributed by atoms with Crippen molar-refractivity contribution < 1.29 is 19.1 Å². The van der Waals surface area contributed by atoms with Gasteiger partial charge in [0.2, 0.25) is 5.91 Å². The van der Waals surface area contributed by atoms with E-state index in [1.165, 1.54) is 7.11 Å². The predicted octanol–water partition coefficient (Wildman–Crippen LogP) is 0.165. The van der Waals surface area contributed by atoms with E-state index in [2.05, 4.69) is 15.0 Å². The molecule has 1 fully saturated rings. The Balaban J connectivity index is 2.43. The Labute approximate surface area is 114 Å². The molecule has 0 radical (unpaired) electrons. The van der Waals surface area contributed by atoms with Crippen molar-refractivity contribution in [3.05, 3.63) is 0 Å². The van der Waals surface area contributed by atoms with E-state index in [0.717, 1.165) is 6.54 Å². The number of nitrogens with one attached hydrogen (secondary N) is 1. The van der Waals surface area contributed by atoms with Crippen molar-refractivity contribution in [3.63, 3.8) is 0 Å². The number of hydrogen-bond acceptors (Lipinski definition) is 5. The lowest BCUT2D eigenvalue weighted by Crippen LogP contribution is -2.55. The number of ether oxygens (including phenoxy) is 2. The summed E-state index contributed by atoms with van der Waals surface area (Å²) in [6.45, 7) is 6.33. The molecule has 6 nitrogen and oxygen atoms in total. The third kappa shape index (κ3) is 5.57. The van der Waals surface area contributed by atoms with E-state index < -0.39 is 0 Å². The lowest BCUT2D eigenvalue weighted by Gasteiger charge is -2.34. The van der Waals surface area contributed by atoms with Crippen molar-refractivity contribution in [2.45, 2.75) is 38.8 Å². The highest BCUT2D eigenvalue weighted by Crippen LogP contribution is 2.09. The second-order valence-corrected chi connectivity index (χ2v) is 4.97. The van der Waals surface area contributed by atoms with Gasteiger partial charge in [-0.1, -0.05) is 0 Å². The van der Waals surface area contributed by atoms with Gasteiger partial charge < -0.3 is 14.8 Å². The van der Waals surface area contributed by atoms with Crippen LogP contribution in [-0.2, 0) is 19.1 Å². The Bertz CT molecular complexity index is 307. The molecule has 0 spiro atoms. The van der Waals surface area contributed by atoms with E-state index in [1.54, 1.807) is 0 Å². The van der Waals surface area contributed by atoms with Gasteiger partial charge in [0.1, 0.15) is 6.04 Å². The molecular weight excluding hydrogens is 248 g/mol. The molecule has 1 amide bonds. The maximum absolute atomic E-state index is 12.0. The van der Waals surface area contributed by atoms with E-state index in [0.29, 0.717) is 32.6 Å². The van der Waals surface area contributed by atoms with E-state index in [9.17, 15) is 9.59 Å². The van der Waals surface area contributed by atoms with Crippen molar-refractivity contribution in [1.82, 2.24) is 10.2 Å². The lowest BCUT2D eigenvalue weighted by atomic mass is 10.1. The van der Waals surface area contributed by atoms with Crippen LogP contribution in [0.5, 0.6) is 0 Å². The molecule has 1 heterocycles. The van der Waals surface area contributed by atoms with Crippen molar-refractivity contribution in [1.29, 1.82) is 0 Å². The summed E-state index contributed by atoms with van der Waals surface area (Å²) in [5.41, 5.74) is 0. The Morgan fingerprint density at radius 1 is 1.47 bits per heavy atom. The summed E-state index contributed by atoms with van der Waals surface area (Å²) >= 11 is 0. The number of amides is 1. The van der Waals surface area contributed by atoms with Gasteiger partial charge in [0, 0.05) is 19.0 Å². The second-order valence-electron chi connectivity index (χ2n) is 4.97. The quantitative estimate of drug-likeness (QED) is 0.698. The summed E-state index contributed by atoms with van der Waals surface area (Å²) in [5.74, 6) is -0.218. The molecular formula is C13H24N2O4. The molecule has 110 valence electrons. The smallest absolute Gasteiger partial charge is 0.305 e. The molecule has 0 bridgehead atoms. The first-order valence-electron chi connectivity index (χ1n) is 6.73. The van der Waals surface area contributed by atoms with Gasteiger partial charge in [-0.2, -0.15) is 0 Å². The minimum absolute atomic E-state index is 0.00670. The van der Waals surface area contributed by atoms with Crippen molar-refractivity contribution in [3.8, 4) is 0 Å². The van der Waals surface area contributed by atoms with Gasteiger partial charge >= 0.3 is 5.97 Å². The highest BCUT2D eigenvalue weighted by atomic mass is 16.5. The fraction of sp³-hybridized carbons (Fsp3) is 0.846. The van der Waals surface area contributed by atoms with Crippen LogP contribution in [0.4, 0.5) is 0 Å². The average Bonchev–Trinajstić information content (AvgIpc) is 2.38. The van der Waals surface area contributed by atoms with Crippen LogP contribution < -0.4 is 5.32 Å². The van der Waals surface area contributed by atoms with Crippen LogP contribution in [0.25, 0.3) is 0 Å². The normalized spacial score (nSPS) is 20.3. The molecule has 0 aromatic rings. The van der Waals surface area contributed by atoms with E-state index in [1.807, 2.05) is 13.8 Å². The summed E-state index contributed by atoms with van der Waals surface area (Å²) in [5, 5.41) is 2.90. The SMILES string of the molecule is COC(=O)CCCN1CCOCC1C(=O)NC(C)C. The number of esters is 1. The Kier molecular flexibility index (Phi) is 6.80. The Morgan fingerprint density at radius 2 is 2.21 bits per heavy atom. The fourth-order valence-corrected chi connectivity index (χ4v) is 2.06. The standard InChI is InChI=1S/C13H24N2O4/c1-10(2)14-13(17)11-9-19-8-7-15(11)6-4-5-12(16)18-3/h10-11H,4-9H2,1-3H3,(H,14,17). The zero-order valence-electron chi connectivity index (χ0n) is 12.0. The molecule has 0 aromatic heterocycles. The number of rotatable bonds is 6. The Hall–Kier alpha value is -1.14. The van der Waals surface area contributed by atoms with E-state index in [4.69, 9.17) is 4.74 Å². The maximum Gasteiger partial charge on any atom is 0.305 e. The lowest BCUT2D eigenvalue weighted by molar-refractivity contribution is -0.140. The molecule has 1 aliphatic rings. The van der Waals surface area contributed by atoms with Crippen LogP contribution in [0, 0.1) is 0 Å². The first-order valence-corrected chi connectivity index (χ1v) is 6.73. The minimum atomic E-state index is -0.256. The van der Waals surface area contributed by atoms with Gasteiger partial charge in [-0.3, -0.25) is 14.5 Å². The van der Waals surface area contributed by atoms with Crippen LogP contribution in [0.2, 0.25) is 0 Å².